The van der Waals surface area contributed by atoms with Crippen molar-refractivity contribution < 1.29 is 4.74 Å². The van der Waals surface area contributed by atoms with Crippen molar-refractivity contribution in [3.8, 4) is 11.5 Å². The standard InChI is InChI=1S/C80H65B2N5OS/c1-77(2)55-34-18-23-39-62(55)85(63-40-24-19-35-56(63)77)53-44-68-73-69(45-53)84(51-30-14-10-15-31-51)67-49-71-61(48-60(67)81(73)59-38-22-27-43-66(59)83(68)50-28-12-9-13-29-50)82-74-70(87(52-32-16-11-17-33-52)75-76(82)89-80(7,8)79(75,5)6)46-54(47-72(74)88-71)86-64-41-25-20-36-57(64)78(3,4)58-37-21-26-42-65(58)86/h9-49H,1-8H3. The van der Waals surface area contributed by atoms with Gasteiger partial charge < -0.3 is 29.2 Å². The van der Waals surface area contributed by atoms with Crippen LogP contribution < -0.4 is 56.6 Å². The summed E-state index contributed by atoms with van der Waals surface area (Å²) in [6.45, 7) is 19.1. The minimum atomic E-state index is -0.262. The molecule has 0 atom stereocenters. The third-order valence-electron chi connectivity index (χ3n) is 21.3. The number of hydrogen-bond acceptors (Lipinski definition) is 7. The van der Waals surface area contributed by atoms with Gasteiger partial charge in [-0.05, 0) is 153 Å². The number of para-hydroxylation sites is 8. The Hall–Kier alpha value is -9.56. The Morgan fingerprint density at radius 3 is 1.19 bits per heavy atom. The highest BCUT2D eigenvalue weighted by molar-refractivity contribution is 8.06. The Labute approximate surface area is 527 Å². The lowest BCUT2D eigenvalue weighted by Gasteiger charge is -2.47. The van der Waals surface area contributed by atoms with E-state index in [1.54, 1.807) is 0 Å². The van der Waals surface area contributed by atoms with Gasteiger partial charge in [-0.25, -0.2) is 0 Å². The summed E-state index contributed by atoms with van der Waals surface area (Å²) in [6, 6.07) is 93.3. The molecule has 11 aromatic rings. The second-order valence-electron chi connectivity index (χ2n) is 27.2. The number of nitrogens with zero attached hydrogens (tertiary/aromatic N) is 5. The van der Waals surface area contributed by atoms with Gasteiger partial charge in [0.1, 0.15) is 11.5 Å². The second-order valence-corrected chi connectivity index (χ2v) is 28.9. The van der Waals surface area contributed by atoms with Gasteiger partial charge in [0.05, 0.1) is 34.1 Å². The minimum Gasteiger partial charge on any atom is -0.458 e. The lowest BCUT2D eigenvalue weighted by atomic mass is 9.31. The summed E-state index contributed by atoms with van der Waals surface area (Å²) in [5.74, 6) is 1.76. The number of rotatable bonds is 5. The highest BCUT2D eigenvalue weighted by atomic mass is 32.2. The quantitative estimate of drug-likeness (QED) is 0.158. The van der Waals surface area contributed by atoms with Crippen LogP contribution in [0.2, 0.25) is 0 Å². The number of thioether (sulfide) groups is 1. The van der Waals surface area contributed by atoms with Crippen molar-refractivity contribution in [3.63, 3.8) is 0 Å². The monoisotopic (exact) mass is 1170 g/mol. The first kappa shape index (κ1) is 52.6. The fraction of sp³-hybridized carbons (Fsp3) is 0.150. The summed E-state index contributed by atoms with van der Waals surface area (Å²) in [4.78, 5) is 14.1. The molecule has 0 radical (unpaired) electrons. The van der Waals surface area contributed by atoms with Crippen molar-refractivity contribution >= 4 is 132 Å². The zero-order chi connectivity index (χ0) is 60.0. The predicted octanol–water partition coefficient (Wildman–Crippen LogP) is 18.2. The van der Waals surface area contributed by atoms with E-state index in [9.17, 15) is 0 Å². The van der Waals surface area contributed by atoms with Crippen LogP contribution in [0.3, 0.4) is 0 Å². The van der Waals surface area contributed by atoms with Crippen molar-refractivity contribution in [1.29, 1.82) is 0 Å². The Morgan fingerprint density at radius 1 is 0.303 bits per heavy atom. The van der Waals surface area contributed by atoms with E-state index in [-0.39, 0.29) is 34.4 Å². The fourth-order valence-electron chi connectivity index (χ4n) is 16.5. The van der Waals surface area contributed by atoms with Crippen molar-refractivity contribution in [3.05, 3.63) is 281 Å². The van der Waals surface area contributed by atoms with E-state index < -0.39 is 0 Å². The number of allylic oxidation sites excluding steroid dienone is 1. The molecular formula is C80H65B2N5OS. The van der Waals surface area contributed by atoms with Crippen molar-refractivity contribution in [2.75, 3.05) is 24.5 Å². The zero-order valence-corrected chi connectivity index (χ0v) is 52.2. The molecule has 0 fully saturated rings. The van der Waals surface area contributed by atoms with Crippen LogP contribution >= 0.6 is 11.8 Å². The average molecular weight is 1170 g/mol. The van der Waals surface area contributed by atoms with Gasteiger partial charge >= 0.3 is 0 Å². The van der Waals surface area contributed by atoms with E-state index >= 15 is 0 Å². The average Bonchev–Trinajstić information content (AvgIpc) is 1.64. The first-order valence-electron chi connectivity index (χ1n) is 31.5. The highest BCUT2D eigenvalue weighted by Gasteiger charge is 2.58. The number of fused-ring (bicyclic) bond motifs is 11. The molecule has 0 amide bonds. The van der Waals surface area contributed by atoms with Gasteiger partial charge in [0.2, 0.25) is 0 Å². The van der Waals surface area contributed by atoms with Crippen LogP contribution in [0, 0.1) is 5.41 Å². The van der Waals surface area contributed by atoms with Crippen LogP contribution in [-0.2, 0) is 10.8 Å². The summed E-state index contributed by atoms with van der Waals surface area (Å²) >= 11 is 2.06. The molecule has 0 spiro atoms. The van der Waals surface area contributed by atoms with Crippen molar-refractivity contribution in [2.24, 2.45) is 5.41 Å². The topological polar surface area (TPSA) is 25.4 Å². The number of ether oxygens (including phenoxy) is 1. The number of anilines is 14. The smallest absolute Gasteiger partial charge is 0.263 e. The van der Waals surface area contributed by atoms with E-state index in [0.717, 1.165) is 62.7 Å². The van der Waals surface area contributed by atoms with E-state index in [4.69, 9.17) is 4.74 Å². The predicted molar refractivity (Wildman–Crippen MR) is 377 cm³/mol. The van der Waals surface area contributed by atoms with Crippen LogP contribution in [0.25, 0.3) is 0 Å². The summed E-state index contributed by atoms with van der Waals surface area (Å²) in [6.07, 6.45) is 0. The molecule has 18 rings (SSSR count). The van der Waals surface area contributed by atoms with Gasteiger partial charge in [0.25, 0.3) is 13.4 Å². The molecule has 9 heteroatoms. The third kappa shape index (κ3) is 7.14. The molecule has 0 aliphatic carbocycles. The lowest BCUT2D eigenvalue weighted by Crippen LogP contribution is -2.63. The normalized spacial score (nSPS) is 17.4. The summed E-state index contributed by atoms with van der Waals surface area (Å²) < 4.78 is 7.72. The molecule has 0 unspecified atom stereocenters. The van der Waals surface area contributed by atoms with Gasteiger partial charge in [0.15, 0.2) is 0 Å². The van der Waals surface area contributed by atoms with Crippen LogP contribution in [0.1, 0.15) is 77.6 Å². The largest absolute Gasteiger partial charge is 0.458 e. The first-order valence-corrected chi connectivity index (χ1v) is 32.3. The van der Waals surface area contributed by atoms with Gasteiger partial charge in [-0.2, -0.15) is 0 Å². The maximum Gasteiger partial charge on any atom is 0.263 e. The molecule has 6 nitrogen and oxygen atoms in total. The molecule has 0 N–H and O–H groups in total. The molecule has 7 heterocycles. The summed E-state index contributed by atoms with van der Waals surface area (Å²) in [5.41, 5.74) is 28.0. The fourth-order valence-corrected chi connectivity index (χ4v) is 18.2. The molecular weight excluding hydrogens is 1100 g/mol. The lowest BCUT2D eigenvalue weighted by molar-refractivity contribution is 0.352. The van der Waals surface area contributed by atoms with Crippen LogP contribution in [0.4, 0.5) is 79.6 Å². The first-order chi connectivity index (χ1) is 43.2. The maximum atomic E-state index is 7.89. The molecule has 7 aliphatic heterocycles. The van der Waals surface area contributed by atoms with E-state index in [0.29, 0.717) is 0 Å². The van der Waals surface area contributed by atoms with E-state index in [1.807, 2.05) is 0 Å². The van der Waals surface area contributed by atoms with Gasteiger partial charge in [-0.15, -0.1) is 11.8 Å². The Bertz CT molecular complexity index is 4770. The second kappa shape index (κ2) is 18.5. The highest BCUT2D eigenvalue weighted by Crippen LogP contribution is 2.64. The molecule has 0 saturated heterocycles. The van der Waals surface area contributed by atoms with E-state index in [1.165, 1.54) is 88.5 Å². The van der Waals surface area contributed by atoms with Crippen LogP contribution in [0.15, 0.2) is 259 Å². The van der Waals surface area contributed by atoms with Gasteiger partial charge in [0, 0.05) is 84.3 Å². The Kier molecular flexibility index (Phi) is 10.9. The van der Waals surface area contributed by atoms with Gasteiger partial charge in [-0.1, -0.05) is 193 Å². The Morgan fingerprint density at radius 2 is 0.697 bits per heavy atom. The van der Waals surface area contributed by atoms with E-state index in [2.05, 4.69) is 340 Å². The number of hydrogen-bond donors (Lipinski definition) is 0. The zero-order valence-electron chi connectivity index (χ0n) is 51.4. The molecule has 0 bridgehead atoms. The molecule has 0 aromatic heterocycles. The van der Waals surface area contributed by atoms with Crippen molar-refractivity contribution in [2.45, 2.75) is 71.0 Å². The molecule has 0 saturated carbocycles. The molecule has 11 aromatic carbocycles. The van der Waals surface area contributed by atoms with Crippen LogP contribution in [-0.4, -0.2) is 18.2 Å². The summed E-state index contributed by atoms with van der Waals surface area (Å²) in [7, 11) is 0. The Balaban J connectivity index is 0.929. The maximum absolute atomic E-state index is 7.89. The van der Waals surface area contributed by atoms with Gasteiger partial charge in [-0.3, -0.25) is 0 Å². The van der Waals surface area contributed by atoms with Crippen LogP contribution in [0.5, 0.6) is 11.5 Å². The molecule has 428 valence electrons. The third-order valence-corrected chi connectivity index (χ3v) is 22.9. The molecule has 7 aliphatic rings. The summed E-state index contributed by atoms with van der Waals surface area (Å²) in [5, 5.41) is 0. The molecule has 89 heavy (non-hydrogen) atoms. The minimum absolute atomic E-state index is 0.125. The number of benzene rings is 11. The van der Waals surface area contributed by atoms with Crippen molar-refractivity contribution in [1.82, 2.24) is 0 Å². The SMILES string of the molecule is CC1(C)c2ccccc2N(c2cc3c4c(c2)N(c2ccccc2)C2=C(SC(C)(C)C2(C)C)B4c2cc4c(cc2O3)N(c2ccccc2)c2cc(N3c5ccccc5C(C)(C)c5ccccc53)cc3c2B4c2ccccc2N3c2ccccc2)c2ccccc21.